The summed E-state index contributed by atoms with van der Waals surface area (Å²) < 4.78 is 0. The lowest BCUT2D eigenvalue weighted by Crippen LogP contribution is -2.20. The summed E-state index contributed by atoms with van der Waals surface area (Å²) in [4.78, 5) is 4.94. The van der Waals surface area contributed by atoms with Crippen molar-refractivity contribution in [2.45, 2.75) is 0 Å². The normalized spacial score (nSPS) is 11.3. The van der Waals surface area contributed by atoms with Gasteiger partial charge in [0.25, 0.3) is 0 Å². The molecule has 0 atom stereocenters. The Morgan fingerprint density at radius 3 is 2.70 bits per heavy atom. The standard InChI is InChI=1S/C4H11N3O2S/c1-6(2)7(8)5-9-4-10-3/h4H2,1-3H3. The summed E-state index contributed by atoms with van der Waals surface area (Å²) in [6.07, 6.45) is 1.86. The molecule has 0 N–H and O–H groups in total. The molecule has 0 saturated carbocycles. The zero-order valence-electron chi connectivity index (χ0n) is 6.27. The molecular weight excluding hydrogens is 154 g/mol. The third-order valence-corrected chi connectivity index (χ3v) is 0.981. The zero-order chi connectivity index (χ0) is 7.98. The van der Waals surface area contributed by atoms with E-state index in [9.17, 15) is 5.21 Å². The minimum absolute atomic E-state index is 0.371. The Balaban J connectivity index is 3.48. The highest BCUT2D eigenvalue weighted by Crippen LogP contribution is 1.92. The van der Waals surface area contributed by atoms with E-state index in [1.165, 1.54) is 16.8 Å². The van der Waals surface area contributed by atoms with Crippen LogP contribution in [0.4, 0.5) is 0 Å². The molecule has 0 aromatic carbocycles. The number of thioether (sulfide) groups is 1. The Bertz CT molecular complexity index is 117. The van der Waals surface area contributed by atoms with Crippen LogP contribution in [-0.2, 0) is 4.84 Å². The Hall–Kier alpha value is -0.650. The van der Waals surface area contributed by atoms with Crippen molar-refractivity contribution < 1.29 is 9.81 Å². The summed E-state index contributed by atoms with van der Waals surface area (Å²) in [7, 11) is 3.16. The lowest BCUT2D eigenvalue weighted by molar-refractivity contribution is -0.699. The van der Waals surface area contributed by atoms with E-state index in [1.807, 2.05) is 6.26 Å². The van der Waals surface area contributed by atoms with Gasteiger partial charge in [0.2, 0.25) is 5.28 Å². The molecule has 0 rings (SSSR count). The van der Waals surface area contributed by atoms with Crippen molar-refractivity contribution in [3.05, 3.63) is 5.21 Å². The fourth-order valence-electron chi connectivity index (χ4n) is 0.199. The molecule has 0 saturated heterocycles. The third kappa shape index (κ3) is 4.25. The van der Waals surface area contributed by atoms with Crippen molar-refractivity contribution in [2.75, 3.05) is 26.3 Å². The molecule has 0 aliphatic heterocycles. The summed E-state index contributed by atoms with van der Waals surface area (Å²) in [6, 6.07) is 0. The van der Waals surface area contributed by atoms with E-state index in [1.54, 1.807) is 14.1 Å². The minimum Gasteiger partial charge on any atom is -0.569 e. The second kappa shape index (κ2) is 5.16. The zero-order valence-corrected chi connectivity index (χ0v) is 7.09. The van der Waals surface area contributed by atoms with Crippen LogP contribution in [0.5, 0.6) is 0 Å². The maximum Gasteiger partial charge on any atom is 0.234 e. The maximum absolute atomic E-state index is 10.6. The first-order valence-electron chi connectivity index (χ1n) is 2.65. The average Bonchev–Trinajstić information content (AvgIpc) is 1.88. The number of hydrazine groups is 1. The van der Waals surface area contributed by atoms with Crippen LogP contribution < -0.4 is 0 Å². The molecule has 0 aromatic heterocycles. The van der Waals surface area contributed by atoms with Gasteiger partial charge < -0.3 is 10.0 Å². The number of hydrogen-bond acceptors (Lipinski definition) is 4. The molecule has 0 spiro atoms. The largest absolute Gasteiger partial charge is 0.569 e. The van der Waals surface area contributed by atoms with Gasteiger partial charge in [-0.25, -0.2) is 0 Å². The highest BCUT2D eigenvalue weighted by Gasteiger charge is 1.95. The first kappa shape index (κ1) is 9.35. The minimum atomic E-state index is 0.371. The van der Waals surface area contributed by atoms with Crippen molar-refractivity contribution in [3.63, 3.8) is 0 Å². The average molecular weight is 165 g/mol. The fraction of sp³-hybridized carbons (Fsp3) is 1.00. The van der Waals surface area contributed by atoms with E-state index in [2.05, 4.69) is 10.1 Å². The van der Waals surface area contributed by atoms with Gasteiger partial charge in [-0.05, 0) is 6.26 Å². The topological polar surface area (TPSA) is 50.9 Å². The van der Waals surface area contributed by atoms with Gasteiger partial charge in [-0.2, -0.15) is 5.01 Å². The van der Waals surface area contributed by atoms with E-state index in [0.29, 0.717) is 10.9 Å². The Kier molecular flexibility index (Phi) is 4.82. The predicted molar refractivity (Wildman–Crippen MR) is 39.2 cm³/mol. The molecule has 0 aliphatic rings. The highest BCUT2D eigenvalue weighted by atomic mass is 32.2. The van der Waals surface area contributed by atoms with Crippen molar-refractivity contribution in [1.29, 1.82) is 0 Å². The molecule has 10 heavy (non-hydrogen) atoms. The molecule has 0 fully saturated rings. The molecule has 6 heteroatoms. The van der Waals surface area contributed by atoms with Gasteiger partial charge in [0.1, 0.15) is 0 Å². The molecular formula is C4H11N3O2S. The molecule has 5 nitrogen and oxygen atoms in total. The van der Waals surface area contributed by atoms with Gasteiger partial charge in [-0.1, -0.05) is 0 Å². The van der Waals surface area contributed by atoms with Gasteiger partial charge in [-0.3, -0.25) is 0 Å². The fourth-order valence-corrected chi connectivity index (χ4v) is 0.351. The van der Waals surface area contributed by atoms with Crippen molar-refractivity contribution in [3.8, 4) is 0 Å². The summed E-state index contributed by atoms with van der Waals surface area (Å²) in [5.74, 6) is 0.395. The van der Waals surface area contributed by atoms with Crippen molar-refractivity contribution >= 4 is 11.8 Å². The highest BCUT2D eigenvalue weighted by molar-refractivity contribution is 7.98. The Labute approximate surface area is 64.2 Å². The monoisotopic (exact) mass is 165 g/mol. The van der Waals surface area contributed by atoms with Gasteiger partial charge >= 0.3 is 0 Å². The molecule has 0 unspecified atom stereocenters. The number of rotatable bonds is 4. The third-order valence-electron chi connectivity index (χ3n) is 0.640. The SMILES string of the molecule is CSCON=[N+]([O-])N(C)C. The summed E-state index contributed by atoms with van der Waals surface area (Å²) in [6.45, 7) is 0. The van der Waals surface area contributed by atoms with Crippen LogP contribution in [0.3, 0.4) is 0 Å². The van der Waals surface area contributed by atoms with Crippen LogP contribution in [0.25, 0.3) is 0 Å². The molecule has 0 aromatic rings. The lowest BCUT2D eigenvalue weighted by Gasteiger charge is -2.04. The van der Waals surface area contributed by atoms with Gasteiger partial charge in [0.05, 0.1) is 19.1 Å². The van der Waals surface area contributed by atoms with Crippen LogP contribution in [0.1, 0.15) is 0 Å². The Morgan fingerprint density at radius 2 is 2.30 bits per heavy atom. The molecule has 0 radical (unpaired) electrons. The molecule has 0 aliphatic carbocycles. The van der Waals surface area contributed by atoms with Gasteiger partial charge in [-0.15, -0.1) is 11.8 Å². The number of nitrogens with zero attached hydrogens (tertiary/aromatic N) is 3. The molecule has 0 bridgehead atoms. The van der Waals surface area contributed by atoms with Crippen molar-refractivity contribution in [2.24, 2.45) is 5.28 Å². The molecule has 60 valence electrons. The van der Waals surface area contributed by atoms with E-state index in [0.717, 1.165) is 0 Å². The first-order chi connectivity index (χ1) is 4.68. The second-order valence-corrected chi connectivity index (χ2v) is 2.53. The van der Waals surface area contributed by atoms with Crippen LogP contribution in [0.2, 0.25) is 0 Å². The predicted octanol–water partition coefficient (Wildman–Crippen LogP) is 0.678. The first-order valence-corrected chi connectivity index (χ1v) is 4.04. The van der Waals surface area contributed by atoms with E-state index < -0.39 is 0 Å². The molecule has 0 heterocycles. The van der Waals surface area contributed by atoms with Crippen LogP contribution in [0, 0.1) is 5.21 Å². The molecule has 0 amide bonds. The quantitative estimate of drug-likeness (QED) is 0.202. The van der Waals surface area contributed by atoms with Crippen LogP contribution in [-0.4, -0.2) is 36.3 Å². The van der Waals surface area contributed by atoms with E-state index in [-0.39, 0.29) is 0 Å². The summed E-state index contributed by atoms with van der Waals surface area (Å²) in [5, 5.41) is 15.0. The Morgan fingerprint density at radius 1 is 1.70 bits per heavy atom. The smallest absolute Gasteiger partial charge is 0.234 e. The summed E-state index contributed by atoms with van der Waals surface area (Å²) >= 11 is 1.46. The summed E-state index contributed by atoms with van der Waals surface area (Å²) in [5.41, 5.74) is 0. The second-order valence-electron chi connectivity index (χ2n) is 1.72. The lowest BCUT2D eigenvalue weighted by atomic mass is 11.2. The van der Waals surface area contributed by atoms with Crippen LogP contribution in [0.15, 0.2) is 5.28 Å². The van der Waals surface area contributed by atoms with Crippen molar-refractivity contribution in [1.82, 2.24) is 5.01 Å². The number of hydrogen-bond donors (Lipinski definition) is 0. The van der Waals surface area contributed by atoms with Gasteiger partial charge in [0, 0.05) is 0 Å². The van der Waals surface area contributed by atoms with E-state index in [4.69, 9.17) is 0 Å². The maximum atomic E-state index is 10.6. The van der Waals surface area contributed by atoms with E-state index >= 15 is 0 Å². The van der Waals surface area contributed by atoms with Crippen LogP contribution >= 0.6 is 11.8 Å². The van der Waals surface area contributed by atoms with Gasteiger partial charge in [0.15, 0.2) is 5.94 Å².